The molecule has 2 aromatic carbocycles. The lowest BCUT2D eigenvalue weighted by Crippen LogP contribution is -2.25. The maximum atomic E-state index is 12.8. The van der Waals surface area contributed by atoms with Gasteiger partial charge < -0.3 is 15.7 Å². The maximum Gasteiger partial charge on any atom is 0.270 e. The van der Waals surface area contributed by atoms with Crippen LogP contribution in [0, 0.1) is 0 Å². The number of anilines is 2. The first-order valence-electron chi connectivity index (χ1n) is 6.95. The maximum absolute atomic E-state index is 12.8. The summed E-state index contributed by atoms with van der Waals surface area (Å²) in [6, 6.07) is 15.9. The molecular weight excluding hydrogens is 310 g/mol. The molecule has 0 saturated heterocycles. The van der Waals surface area contributed by atoms with Gasteiger partial charge in [0.05, 0.1) is 5.69 Å². The molecule has 1 amide bonds. The summed E-state index contributed by atoms with van der Waals surface area (Å²) >= 11 is 1.17. The molecule has 0 unspecified atom stereocenters. The number of amides is 1. The molecule has 0 aliphatic rings. The number of phenols is 1. The van der Waals surface area contributed by atoms with Gasteiger partial charge in [-0.25, -0.2) is 4.98 Å². The van der Waals surface area contributed by atoms with E-state index in [1.165, 1.54) is 28.4 Å². The van der Waals surface area contributed by atoms with Gasteiger partial charge in [-0.15, -0.1) is 0 Å². The van der Waals surface area contributed by atoms with Crippen LogP contribution in [0.25, 0.3) is 11.3 Å². The van der Waals surface area contributed by atoms with E-state index in [4.69, 9.17) is 5.73 Å². The molecule has 1 heterocycles. The van der Waals surface area contributed by atoms with Gasteiger partial charge >= 0.3 is 0 Å². The van der Waals surface area contributed by atoms with Crippen LogP contribution in [0.3, 0.4) is 0 Å². The third-order valence-electron chi connectivity index (χ3n) is 3.43. The summed E-state index contributed by atoms with van der Waals surface area (Å²) in [7, 11) is 1.68. The predicted molar refractivity (Wildman–Crippen MR) is 92.8 cm³/mol. The Hall–Kier alpha value is -2.86. The van der Waals surface area contributed by atoms with Crippen LogP contribution in [0.5, 0.6) is 5.75 Å². The van der Waals surface area contributed by atoms with Gasteiger partial charge in [0.15, 0.2) is 5.13 Å². The number of nitrogens with zero attached hydrogens (tertiary/aromatic N) is 2. The van der Waals surface area contributed by atoms with Crippen molar-refractivity contribution in [3.05, 3.63) is 59.5 Å². The van der Waals surface area contributed by atoms with E-state index in [0.29, 0.717) is 21.4 Å². The minimum Gasteiger partial charge on any atom is -0.508 e. The van der Waals surface area contributed by atoms with Crippen molar-refractivity contribution in [3.63, 3.8) is 0 Å². The summed E-state index contributed by atoms with van der Waals surface area (Å²) in [5, 5.41) is 9.72. The molecule has 0 bridgehead atoms. The quantitative estimate of drug-likeness (QED) is 0.774. The van der Waals surface area contributed by atoms with Gasteiger partial charge in [-0.1, -0.05) is 41.7 Å². The highest BCUT2D eigenvalue weighted by molar-refractivity contribution is 7.17. The summed E-state index contributed by atoms with van der Waals surface area (Å²) in [5.41, 5.74) is 7.93. The van der Waals surface area contributed by atoms with E-state index in [1.54, 1.807) is 19.2 Å². The first-order valence-corrected chi connectivity index (χ1v) is 7.76. The van der Waals surface area contributed by atoms with Gasteiger partial charge in [-0.05, 0) is 24.3 Å². The zero-order chi connectivity index (χ0) is 16.4. The highest BCUT2D eigenvalue weighted by atomic mass is 32.1. The average molecular weight is 325 g/mol. The van der Waals surface area contributed by atoms with Gasteiger partial charge in [0, 0.05) is 18.3 Å². The smallest absolute Gasteiger partial charge is 0.270 e. The normalized spacial score (nSPS) is 10.5. The monoisotopic (exact) mass is 325 g/mol. The molecule has 3 aromatic rings. The molecule has 1 aromatic heterocycles. The van der Waals surface area contributed by atoms with Crippen molar-refractivity contribution < 1.29 is 9.90 Å². The van der Waals surface area contributed by atoms with Crippen molar-refractivity contribution in [1.29, 1.82) is 0 Å². The lowest BCUT2D eigenvalue weighted by molar-refractivity contribution is 0.0997. The van der Waals surface area contributed by atoms with Gasteiger partial charge in [0.1, 0.15) is 10.6 Å². The summed E-state index contributed by atoms with van der Waals surface area (Å²) in [6.45, 7) is 0. The Morgan fingerprint density at radius 3 is 2.43 bits per heavy atom. The van der Waals surface area contributed by atoms with E-state index < -0.39 is 0 Å². The molecule has 0 atom stereocenters. The number of thiazole rings is 1. The SMILES string of the molecule is CN(C(=O)c1sc(N)nc1-c1ccccc1)c1ccc(O)cc1. The standard InChI is InChI=1S/C17H15N3O2S/c1-20(12-7-9-13(21)10-8-12)16(22)15-14(19-17(18)23-15)11-5-3-2-4-6-11/h2-10,21H,1H3,(H2,18,19). The first-order chi connectivity index (χ1) is 11.1. The minimum absolute atomic E-state index is 0.154. The van der Waals surface area contributed by atoms with Crippen LogP contribution in [-0.2, 0) is 0 Å². The van der Waals surface area contributed by atoms with Gasteiger partial charge in [0.25, 0.3) is 5.91 Å². The Bertz CT molecular complexity index is 829. The Labute approximate surface area is 137 Å². The summed E-state index contributed by atoms with van der Waals surface area (Å²) < 4.78 is 0. The molecule has 3 rings (SSSR count). The summed E-state index contributed by atoms with van der Waals surface area (Å²) in [5.74, 6) is -0.0367. The lowest BCUT2D eigenvalue weighted by atomic mass is 10.1. The van der Waals surface area contributed by atoms with Crippen LogP contribution >= 0.6 is 11.3 Å². The van der Waals surface area contributed by atoms with E-state index in [1.807, 2.05) is 30.3 Å². The molecule has 6 heteroatoms. The highest BCUT2D eigenvalue weighted by Gasteiger charge is 2.22. The van der Waals surface area contributed by atoms with E-state index >= 15 is 0 Å². The Morgan fingerprint density at radius 1 is 1.13 bits per heavy atom. The third kappa shape index (κ3) is 3.02. The van der Waals surface area contributed by atoms with Gasteiger partial charge in [-0.2, -0.15) is 0 Å². The number of carbonyl (C=O) groups excluding carboxylic acids is 1. The van der Waals surface area contributed by atoms with Crippen LogP contribution in [-0.4, -0.2) is 23.0 Å². The highest BCUT2D eigenvalue weighted by Crippen LogP contribution is 2.31. The average Bonchev–Trinajstić information content (AvgIpc) is 2.97. The van der Waals surface area contributed by atoms with Crippen LogP contribution < -0.4 is 10.6 Å². The Balaban J connectivity index is 1.98. The molecule has 0 saturated carbocycles. The topological polar surface area (TPSA) is 79.5 Å². The number of phenolic OH excluding ortho intramolecular Hbond substituents is 1. The molecule has 5 nitrogen and oxygen atoms in total. The van der Waals surface area contributed by atoms with Crippen molar-refractivity contribution in [2.24, 2.45) is 0 Å². The summed E-state index contributed by atoms with van der Waals surface area (Å²) in [6.07, 6.45) is 0. The number of nitrogens with two attached hydrogens (primary N) is 1. The number of aromatic hydroxyl groups is 1. The van der Waals surface area contributed by atoms with E-state index in [0.717, 1.165) is 5.56 Å². The predicted octanol–water partition coefficient (Wildman–Crippen LogP) is 3.37. The number of hydrogen-bond donors (Lipinski definition) is 2. The van der Waals surface area contributed by atoms with Gasteiger partial charge in [0.2, 0.25) is 0 Å². The molecule has 3 N–H and O–H groups in total. The second-order valence-corrected chi connectivity index (χ2v) is 6.01. The van der Waals surface area contributed by atoms with Crippen molar-refractivity contribution in [3.8, 4) is 17.0 Å². The Kier molecular flexibility index (Phi) is 3.99. The molecule has 0 radical (unpaired) electrons. The fourth-order valence-corrected chi connectivity index (χ4v) is 3.05. The second kappa shape index (κ2) is 6.10. The van der Waals surface area contributed by atoms with Crippen molar-refractivity contribution in [2.45, 2.75) is 0 Å². The van der Waals surface area contributed by atoms with Crippen molar-refractivity contribution >= 4 is 28.1 Å². The van der Waals surface area contributed by atoms with Crippen LogP contribution in [0.4, 0.5) is 10.8 Å². The molecule has 0 fully saturated rings. The number of benzene rings is 2. The number of aromatic nitrogens is 1. The fraction of sp³-hybridized carbons (Fsp3) is 0.0588. The fourth-order valence-electron chi connectivity index (χ4n) is 2.22. The van der Waals surface area contributed by atoms with Crippen molar-refractivity contribution in [1.82, 2.24) is 4.98 Å². The molecule has 116 valence electrons. The van der Waals surface area contributed by atoms with Gasteiger partial charge in [-0.3, -0.25) is 4.79 Å². The Morgan fingerprint density at radius 2 is 1.78 bits per heavy atom. The van der Waals surface area contributed by atoms with Crippen LogP contribution in [0.15, 0.2) is 54.6 Å². The lowest BCUT2D eigenvalue weighted by Gasteiger charge is -2.17. The number of hydrogen-bond acceptors (Lipinski definition) is 5. The number of carbonyl (C=O) groups is 1. The minimum atomic E-state index is -0.191. The zero-order valence-electron chi connectivity index (χ0n) is 12.4. The van der Waals surface area contributed by atoms with Crippen LogP contribution in [0.2, 0.25) is 0 Å². The van der Waals surface area contributed by atoms with Crippen molar-refractivity contribution in [2.75, 3.05) is 17.7 Å². The van der Waals surface area contributed by atoms with E-state index in [-0.39, 0.29) is 11.7 Å². The summed E-state index contributed by atoms with van der Waals surface area (Å²) in [4.78, 5) is 19.1. The largest absolute Gasteiger partial charge is 0.508 e. The van der Waals surface area contributed by atoms with Crippen LogP contribution in [0.1, 0.15) is 9.67 Å². The molecule has 23 heavy (non-hydrogen) atoms. The third-order valence-corrected chi connectivity index (χ3v) is 4.30. The molecule has 0 spiro atoms. The number of rotatable bonds is 3. The van der Waals surface area contributed by atoms with E-state index in [9.17, 15) is 9.90 Å². The zero-order valence-corrected chi connectivity index (χ0v) is 13.2. The molecular formula is C17H15N3O2S. The molecule has 0 aliphatic carbocycles. The number of nitrogen functional groups attached to an aromatic ring is 1. The van der Waals surface area contributed by atoms with E-state index in [2.05, 4.69) is 4.98 Å². The molecule has 0 aliphatic heterocycles. The first kappa shape index (κ1) is 15.1. The second-order valence-electron chi connectivity index (χ2n) is 4.98.